The van der Waals surface area contributed by atoms with Crippen LogP contribution in [0.1, 0.15) is 113 Å². The van der Waals surface area contributed by atoms with Gasteiger partial charge in [-0.05, 0) is 28.7 Å². The van der Waals surface area contributed by atoms with E-state index in [2.05, 4.69) is 6.92 Å². The molecule has 316 valence electrons. The molecule has 0 amide bonds. The van der Waals surface area contributed by atoms with E-state index in [4.69, 9.17) is 31.9 Å². The molecule has 10 nitrogen and oxygen atoms in total. The summed E-state index contributed by atoms with van der Waals surface area (Å²) in [5.74, 6) is -0.435. The lowest BCUT2D eigenvalue weighted by Crippen LogP contribution is -2.27. The molecule has 12 heteroatoms. The van der Waals surface area contributed by atoms with Gasteiger partial charge in [0.25, 0.3) is 0 Å². The standard InChI is InChI=1S/C46H62O10P2/c1-2-3-4-5-6-7-8-9-10-11-12-25-34-46(47)50-39-45(56-58(49,53-37-43-30-21-15-22-31-43)54-38-44-32-23-16-24-33-44)40-55-57(48,51-35-41-26-17-13-18-27-41)52-36-42-28-19-14-20-29-42/h13-24,26-33,45H,2-12,25,34-40H2,1H3. The molecule has 4 rings (SSSR count). The van der Waals surface area contributed by atoms with Crippen LogP contribution in [0.15, 0.2) is 121 Å². The van der Waals surface area contributed by atoms with Gasteiger partial charge in [0.05, 0.1) is 33.0 Å². The van der Waals surface area contributed by atoms with Gasteiger partial charge in [0, 0.05) is 6.42 Å². The van der Waals surface area contributed by atoms with Gasteiger partial charge in [0.1, 0.15) is 12.7 Å². The number of carbonyl (C=O) groups is 1. The number of phosphoric acid groups is 2. The second kappa shape index (κ2) is 28.1. The zero-order valence-electron chi connectivity index (χ0n) is 34.0. The molecule has 0 aromatic heterocycles. The first-order valence-electron chi connectivity index (χ1n) is 20.8. The van der Waals surface area contributed by atoms with Crippen LogP contribution in [0.4, 0.5) is 0 Å². The maximum Gasteiger partial charge on any atom is 0.475 e. The highest BCUT2D eigenvalue weighted by Crippen LogP contribution is 2.54. The Kier molecular flexibility index (Phi) is 22.9. The highest BCUT2D eigenvalue weighted by atomic mass is 31.2. The Hall–Kier alpha value is -3.43. The number of hydrogen-bond acceptors (Lipinski definition) is 10. The third-order valence-corrected chi connectivity index (χ3v) is 12.1. The van der Waals surface area contributed by atoms with Crippen molar-refractivity contribution < 1.29 is 45.8 Å². The van der Waals surface area contributed by atoms with Crippen molar-refractivity contribution in [3.63, 3.8) is 0 Å². The predicted octanol–water partition coefficient (Wildman–Crippen LogP) is 13.1. The van der Waals surface area contributed by atoms with Crippen LogP contribution in [0.25, 0.3) is 0 Å². The Morgan fingerprint density at radius 2 is 0.793 bits per heavy atom. The predicted molar refractivity (Wildman–Crippen MR) is 228 cm³/mol. The molecule has 0 spiro atoms. The SMILES string of the molecule is CCCCCCCCCCCCCCC(=O)OCC(COP(=O)(OCc1ccccc1)OCc1ccccc1)OP(=O)(OCc1ccccc1)OCc1ccccc1. The number of hydrogen-bond donors (Lipinski definition) is 0. The number of unbranched alkanes of at least 4 members (excludes halogenated alkanes) is 11. The highest BCUT2D eigenvalue weighted by molar-refractivity contribution is 7.48. The second-order valence-corrected chi connectivity index (χ2v) is 17.6. The topological polar surface area (TPSA) is 116 Å². The fourth-order valence-electron chi connectivity index (χ4n) is 5.96. The summed E-state index contributed by atoms with van der Waals surface area (Å²) in [6.07, 6.45) is 13.1. The van der Waals surface area contributed by atoms with Crippen LogP contribution in [0.3, 0.4) is 0 Å². The van der Waals surface area contributed by atoms with Crippen LogP contribution in [-0.4, -0.2) is 25.3 Å². The van der Waals surface area contributed by atoms with E-state index in [9.17, 15) is 13.9 Å². The van der Waals surface area contributed by atoms with E-state index in [-0.39, 0.29) is 39.5 Å². The Morgan fingerprint density at radius 3 is 1.17 bits per heavy atom. The van der Waals surface area contributed by atoms with Crippen LogP contribution < -0.4 is 0 Å². The minimum Gasteiger partial charge on any atom is -0.463 e. The summed E-state index contributed by atoms with van der Waals surface area (Å²) in [6.45, 7) is 1.08. The number of ether oxygens (including phenoxy) is 1. The van der Waals surface area contributed by atoms with E-state index < -0.39 is 34.3 Å². The molecule has 1 unspecified atom stereocenters. The van der Waals surface area contributed by atoms with Gasteiger partial charge in [-0.1, -0.05) is 199 Å². The Labute approximate surface area is 346 Å². The molecule has 0 radical (unpaired) electrons. The maximum atomic E-state index is 14.4. The fourth-order valence-corrected chi connectivity index (χ4v) is 8.44. The van der Waals surface area contributed by atoms with Gasteiger partial charge in [-0.3, -0.25) is 31.9 Å². The Balaban J connectivity index is 1.40. The van der Waals surface area contributed by atoms with Gasteiger partial charge in [0.2, 0.25) is 0 Å². The van der Waals surface area contributed by atoms with Gasteiger partial charge >= 0.3 is 21.6 Å². The normalized spacial score (nSPS) is 12.4. The first-order chi connectivity index (χ1) is 28.3. The average Bonchev–Trinajstić information content (AvgIpc) is 3.26. The monoisotopic (exact) mass is 836 g/mol. The quantitative estimate of drug-likeness (QED) is 0.0267. The van der Waals surface area contributed by atoms with Gasteiger partial charge in [0.15, 0.2) is 0 Å². The van der Waals surface area contributed by atoms with Crippen LogP contribution in [0.5, 0.6) is 0 Å². The first kappa shape index (κ1) is 47.3. The molecule has 0 aliphatic rings. The minimum atomic E-state index is -4.37. The smallest absolute Gasteiger partial charge is 0.463 e. The summed E-state index contributed by atoms with van der Waals surface area (Å²) < 4.78 is 69.4. The van der Waals surface area contributed by atoms with Crippen molar-refractivity contribution in [3.05, 3.63) is 144 Å². The van der Waals surface area contributed by atoms with Gasteiger partial charge in [-0.15, -0.1) is 0 Å². The van der Waals surface area contributed by atoms with Crippen molar-refractivity contribution in [2.45, 2.75) is 123 Å². The minimum absolute atomic E-state index is 0.0642. The van der Waals surface area contributed by atoms with Crippen LogP contribution in [0, 0.1) is 0 Å². The molecular formula is C46H62O10P2. The van der Waals surface area contributed by atoms with Gasteiger partial charge in [-0.2, -0.15) is 0 Å². The molecule has 0 N–H and O–H groups in total. The highest BCUT2D eigenvalue weighted by Gasteiger charge is 2.35. The molecular weight excluding hydrogens is 774 g/mol. The maximum absolute atomic E-state index is 14.4. The van der Waals surface area contributed by atoms with Crippen molar-refractivity contribution >= 4 is 21.6 Å². The summed E-state index contributed by atoms with van der Waals surface area (Å²) >= 11 is 0. The summed E-state index contributed by atoms with van der Waals surface area (Å²) in [5, 5.41) is 0. The third kappa shape index (κ3) is 20.5. The first-order valence-corrected chi connectivity index (χ1v) is 23.7. The van der Waals surface area contributed by atoms with Crippen molar-refractivity contribution in [1.29, 1.82) is 0 Å². The summed E-state index contributed by atoms with van der Waals surface area (Å²) in [5.41, 5.74) is 2.98. The number of carbonyl (C=O) groups excluding carboxylic acids is 1. The Bertz CT molecular complexity index is 1650. The van der Waals surface area contributed by atoms with Crippen molar-refractivity contribution in [3.8, 4) is 0 Å². The number of benzene rings is 4. The second-order valence-electron chi connectivity index (χ2n) is 14.3. The van der Waals surface area contributed by atoms with E-state index in [1.54, 1.807) is 0 Å². The third-order valence-electron chi connectivity index (χ3n) is 9.29. The van der Waals surface area contributed by atoms with Crippen LogP contribution >= 0.6 is 15.6 Å². The number of phosphoric ester groups is 2. The average molecular weight is 837 g/mol. The number of rotatable bonds is 32. The van der Waals surface area contributed by atoms with E-state index in [0.29, 0.717) is 6.42 Å². The van der Waals surface area contributed by atoms with E-state index >= 15 is 0 Å². The molecule has 0 aliphatic heterocycles. The number of esters is 1. The van der Waals surface area contributed by atoms with Crippen LogP contribution in [0.2, 0.25) is 0 Å². The lowest BCUT2D eigenvalue weighted by atomic mass is 10.0. The largest absolute Gasteiger partial charge is 0.475 e. The molecule has 0 heterocycles. The zero-order chi connectivity index (χ0) is 41.0. The summed E-state index contributed by atoms with van der Waals surface area (Å²) in [7, 11) is -8.64. The summed E-state index contributed by atoms with van der Waals surface area (Å²) in [6, 6.07) is 36.8. The molecule has 0 aliphatic carbocycles. The molecule has 1 atom stereocenters. The lowest BCUT2D eigenvalue weighted by Gasteiger charge is -2.25. The molecule has 4 aromatic rings. The van der Waals surface area contributed by atoms with Crippen molar-refractivity contribution in [2.75, 3.05) is 13.2 Å². The molecule has 0 bridgehead atoms. The van der Waals surface area contributed by atoms with Crippen LogP contribution in [-0.2, 0) is 72.2 Å². The molecule has 0 fully saturated rings. The van der Waals surface area contributed by atoms with E-state index in [1.807, 2.05) is 121 Å². The molecule has 58 heavy (non-hydrogen) atoms. The molecule has 0 saturated carbocycles. The van der Waals surface area contributed by atoms with Crippen molar-refractivity contribution in [1.82, 2.24) is 0 Å². The van der Waals surface area contributed by atoms with Gasteiger partial charge < -0.3 is 4.74 Å². The Morgan fingerprint density at radius 1 is 0.448 bits per heavy atom. The van der Waals surface area contributed by atoms with E-state index in [0.717, 1.165) is 41.5 Å². The van der Waals surface area contributed by atoms with Gasteiger partial charge in [-0.25, -0.2) is 9.13 Å². The molecule has 4 aromatic carbocycles. The fraction of sp³-hybridized carbons (Fsp3) is 0.457. The van der Waals surface area contributed by atoms with Crippen molar-refractivity contribution in [2.24, 2.45) is 0 Å². The molecule has 0 saturated heterocycles. The van der Waals surface area contributed by atoms with E-state index in [1.165, 1.54) is 51.4 Å². The summed E-state index contributed by atoms with van der Waals surface area (Å²) in [4.78, 5) is 13.0. The lowest BCUT2D eigenvalue weighted by molar-refractivity contribution is -0.147. The zero-order valence-corrected chi connectivity index (χ0v) is 35.8.